The lowest BCUT2D eigenvalue weighted by atomic mass is 10.3. The normalized spacial score (nSPS) is 15.4. The second-order valence-corrected chi connectivity index (χ2v) is 6.79. The highest BCUT2D eigenvalue weighted by Gasteiger charge is 2.30. The Balaban J connectivity index is 1.58. The molecule has 3 aromatic rings. The smallest absolute Gasteiger partial charge is 0.245 e. The molecule has 0 aliphatic heterocycles. The molecule has 1 aliphatic carbocycles. The van der Waals surface area contributed by atoms with Crippen LogP contribution in [0.2, 0.25) is 0 Å². The number of amides is 1. The standard InChI is InChI=1S/C19H23N5O/c1-3-13(2)24-17(10-11-20-24)22-18(25)12-23-16-7-5-4-6-15(16)21-19(23)14-8-9-14/h4-7,10-11,13-14H,3,8-9,12H2,1-2H3,(H,22,25)/t13-/m1/s1. The Morgan fingerprint density at radius 3 is 2.88 bits per heavy atom. The van der Waals surface area contributed by atoms with Gasteiger partial charge in [0.05, 0.1) is 23.3 Å². The number of anilines is 1. The number of hydrogen-bond acceptors (Lipinski definition) is 3. The molecule has 1 saturated carbocycles. The number of carbonyl (C=O) groups is 1. The number of hydrogen-bond donors (Lipinski definition) is 1. The Kier molecular flexibility index (Phi) is 4.03. The van der Waals surface area contributed by atoms with Crippen LogP contribution in [0, 0.1) is 0 Å². The second-order valence-electron chi connectivity index (χ2n) is 6.79. The van der Waals surface area contributed by atoms with E-state index in [1.165, 1.54) is 0 Å². The summed E-state index contributed by atoms with van der Waals surface area (Å²) >= 11 is 0. The highest BCUT2D eigenvalue weighted by atomic mass is 16.2. The van der Waals surface area contributed by atoms with E-state index >= 15 is 0 Å². The van der Waals surface area contributed by atoms with Crippen molar-refractivity contribution < 1.29 is 4.79 Å². The summed E-state index contributed by atoms with van der Waals surface area (Å²) in [6, 6.07) is 10.1. The van der Waals surface area contributed by atoms with Gasteiger partial charge in [-0.1, -0.05) is 19.1 Å². The fourth-order valence-electron chi connectivity index (χ4n) is 3.18. The van der Waals surface area contributed by atoms with Gasteiger partial charge in [-0.3, -0.25) is 4.79 Å². The minimum atomic E-state index is -0.0462. The minimum Gasteiger partial charge on any atom is -0.318 e. The molecule has 1 amide bonds. The van der Waals surface area contributed by atoms with Crippen molar-refractivity contribution in [2.75, 3.05) is 5.32 Å². The van der Waals surface area contributed by atoms with Crippen molar-refractivity contribution in [2.45, 2.75) is 51.6 Å². The largest absolute Gasteiger partial charge is 0.318 e. The molecule has 6 heteroatoms. The van der Waals surface area contributed by atoms with Crippen LogP contribution in [0.3, 0.4) is 0 Å². The van der Waals surface area contributed by atoms with Crippen LogP contribution in [0.25, 0.3) is 11.0 Å². The molecular formula is C19H23N5O. The van der Waals surface area contributed by atoms with Crippen LogP contribution in [-0.2, 0) is 11.3 Å². The van der Waals surface area contributed by atoms with Gasteiger partial charge >= 0.3 is 0 Å². The third kappa shape index (κ3) is 3.04. The summed E-state index contributed by atoms with van der Waals surface area (Å²) in [5, 5.41) is 7.33. The number of benzene rings is 1. The van der Waals surface area contributed by atoms with Gasteiger partial charge in [-0.15, -0.1) is 0 Å². The first-order valence-corrected chi connectivity index (χ1v) is 8.96. The molecule has 0 bridgehead atoms. The van der Waals surface area contributed by atoms with Gasteiger partial charge in [-0.2, -0.15) is 5.10 Å². The quantitative estimate of drug-likeness (QED) is 0.745. The zero-order valence-electron chi connectivity index (χ0n) is 14.6. The number of rotatable bonds is 6. The maximum absolute atomic E-state index is 12.7. The molecule has 1 N–H and O–H groups in total. The van der Waals surface area contributed by atoms with Crippen molar-refractivity contribution in [3.05, 3.63) is 42.4 Å². The number of imidazole rings is 1. The topological polar surface area (TPSA) is 64.7 Å². The molecule has 130 valence electrons. The molecule has 1 atom stereocenters. The van der Waals surface area contributed by atoms with E-state index < -0.39 is 0 Å². The maximum Gasteiger partial charge on any atom is 0.245 e. The third-order valence-electron chi connectivity index (χ3n) is 4.87. The number of aromatic nitrogens is 4. The van der Waals surface area contributed by atoms with E-state index in [1.807, 2.05) is 35.0 Å². The highest BCUT2D eigenvalue weighted by Crippen LogP contribution is 2.40. The lowest BCUT2D eigenvalue weighted by Gasteiger charge is -2.15. The van der Waals surface area contributed by atoms with Crippen molar-refractivity contribution in [1.29, 1.82) is 0 Å². The average molecular weight is 337 g/mol. The van der Waals surface area contributed by atoms with Crippen LogP contribution in [0.4, 0.5) is 5.82 Å². The molecule has 25 heavy (non-hydrogen) atoms. The molecule has 4 rings (SSSR count). The molecule has 1 aliphatic rings. The van der Waals surface area contributed by atoms with Crippen LogP contribution in [0.5, 0.6) is 0 Å². The summed E-state index contributed by atoms with van der Waals surface area (Å²) in [5.41, 5.74) is 1.98. The van der Waals surface area contributed by atoms with E-state index in [0.717, 1.165) is 41.9 Å². The molecule has 2 aromatic heterocycles. The van der Waals surface area contributed by atoms with Crippen LogP contribution >= 0.6 is 0 Å². The zero-order chi connectivity index (χ0) is 17.4. The number of nitrogens with zero attached hydrogens (tertiary/aromatic N) is 4. The van der Waals surface area contributed by atoms with Crippen molar-refractivity contribution in [3.63, 3.8) is 0 Å². The second kappa shape index (κ2) is 6.35. The van der Waals surface area contributed by atoms with Gasteiger partial charge in [0.15, 0.2) is 0 Å². The predicted molar refractivity (Wildman–Crippen MR) is 97.6 cm³/mol. The molecule has 6 nitrogen and oxygen atoms in total. The fraction of sp³-hybridized carbons (Fsp3) is 0.421. The van der Waals surface area contributed by atoms with Gasteiger partial charge in [0.1, 0.15) is 18.2 Å². The maximum atomic E-state index is 12.7. The summed E-state index contributed by atoms with van der Waals surface area (Å²) in [7, 11) is 0. The lowest BCUT2D eigenvalue weighted by Crippen LogP contribution is -2.22. The minimum absolute atomic E-state index is 0.0462. The van der Waals surface area contributed by atoms with E-state index in [4.69, 9.17) is 4.98 Å². The molecule has 0 unspecified atom stereocenters. The van der Waals surface area contributed by atoms with Crippen molar-refractivity contribution in [1.82, 2.24) is 19.3 Å². The summed E-state index contributed by atoms with van der Waals surface area (Å²) in [5.74, 6) is 2.23. The van der Waals surface area contributed by atoms with Crippen molar-refractivity contribution >= 4 is 22.8 Å². The first-order valence-electron chi connectivity index (χ1n) is 8.96. The Hall–Kier alpha value is -2.63. The first kappa shape index (κ1) is 15.9. The Morgan fingerprint density at radius 1 is 1.32 bits per heavy atom. The van der Waals surface area contributed by atoms with Gasteiger partial charge < -0.3 is 9.88 Å². The van der Waals surface area contributed by atoms with E-state index in [1.54, 1.807) is 6.20 Å². The summed E-state index contributed by atoms with van der Waals surface area (Å²) in [6.45, 7) is 4.48. The fourth-order valence-corrected chi connectivity index (χ4v) is 3.18. The molecule has 0 saturated heterocycles. The Morgan fingerprint density at radius 2 is 2.12 bits per heavy atom. The van der Waals surface area contributed by atoms with Crippen molar-refractivity contribution in [2.24, 2.45) is 0 Å². The van der Waals surface area contributed by atoms with Gasteiger partial charge in [-0.25, -0.2) is 9.67 Å². The van der Waals surface area contributed by atoms with Gasteiger partial charge in [0.2, 0.25) is 5.91 Å². The number of para-hydroxylation sites is 2. The molecule has 0 spiro atoms. The summed E-state index contributed by atoms with van der Waals surface area (Å²) in [4.78, 5) is 17.4. The van der Waals surface area contributed by atoms with Crippen LogP contribution in [-0.4, -0.2) is 25.2 Å². The highest BCUT2D eigenvalue weighted by molar-refractivity contribution is 5.91. The number of fused-ring (bicyclic) bond motifs is 1. The van der Waals surface area contributed by atoms with E-state index in [-0.39, 0.29) is 18.5 Å². The zero-order valence-corrected chi connectivity index (χ0v) is 14.6. The average Bonchev–Trinajstić information content (AvgIpc) is 3.26. The lowest BCUT2D eigenvalue weighted by molar-refractivity contribution is -0.116. The molecule has 1 aromatic carbocycles. The molecular weight excluding hydrogens is 314 g/mol. The summed E-state index contributed by atoms with van der Waals surface area (Å²) in [6.07, 6.45) is 5.00. The molecule has 2 heterocycles. The third-order valence-corrected chi connectivity index (χ3v) is 4.87. The Bertz CT molecular complexity index is 906. The van der Waals surface area contributed by atoms with Crippen LogP contribution in [0.15, 0.2) is 36.5 Å². The van der Waals surface area contributed by atoms with Crippen LogP contribution in [0.1, 0.15) is 50.9 Å². The Labute approximate surface area is 146 Å². The SMILES string of the molecule is CC[C@@H](C)n1nccc1NC(=O)Cn1c(C2CC2)nc2ccccc21. The van der Waals surface area contributed by atoms with E-state index in [0.29, 0.717) is 5.92 Å². The first-order chi connectivity index (χ1) is 12.2. The molecule has 0 radical (unpaired) electrons. The summed E-state index contributed by atoms with van der Waals surface area (Å²) < 4.78 is 3.93. The van der Waals surface area contributed by atoms with Crippen LogP contribution < -0.4 is 5.32 Å². The number of carbonyl (C=O) groups excluding carboxylic acids is 1. The van der Waals surface area contributed by atoms with Gasteiger partial charge in [0.25, 0.3) is 0 Å². The number of nitrogens with one attached hydrogen (secondary N) is 1. The monoisotopic (exact) mass is 337 g/mol. The van der Waals surface area contributed by atoms with Crippen molar-refractivity contribution in [3.8, 4) is 0 Å². The predicted octanol–water partition coefficient (Wildman–Crippen LogP) is 3.72. The van der Waals surface area contributed by atoms with Gasteiger partial charge in [-0.05, 0) is 38.3 Å². The van der Waals surface area contributed by atoms with Gasteiger partial charge in [0, 0.05) is 12.0 Å². The van der Waals surface area contributed by atoms with E-state index in [9.17, 15) is 4.79 Å². The van der Waals surface area contributed by atoms with E-state index in [2.05, 4.69) is 28.8 Å². The molecule has 1 fully saturated rings.